The minimum atomic E-state index is -3.24. The van der Waals surface area contributed by atoms with Gasteiger partial charge < -0.3 is 5.32 Å². The number of carbonyl (C=O) groups excluding carboxylic acids is 1. The van der Waals surface area contributed by atoms with E-state index >= 15 is 0 Å². The molecule has 5 nitrogen and oxygen atoms in total. The van der Waals surface area contributed by atoms with Crippen LogP contribution in [0.3, 0.4) is 0 Å². The Hall–Kier alpha value is -0.700. The van der Waals surface area contributed by atoms with Crippen molar-refractivity contribution in [2.45, 2.75) is 23.8 Å². The molecule has 2 aliphatic heterocycles. The second kappa shape index (κ2) is 8.33. The van der Waals surface area contributed by atoms with Gasteiger partial charge in [0.25, 0.3) is 0 Å². The second-order valence-electron chi connectivity index (χ2n) is 6.50. The molecule has 0 radical (unpaired) electrons. The van der Waals surface area contributed by atoms with E-state index in [1.54, 1.807) is 0 Å². The number of sulfonamides is 1. The fraction of sp³-hybridized carbons (Fsp3) is 0.588. The zero-order valence-corrected chi connectivity index (χ0v) is 16.8. The van der Waals surface area contributed by atoms with E-state index in [0.717, 1.165) is 18.5 Å². The van der Waals surface area contributed by atoms with E-state index in [9.17, 15) is 13.2 Å². The highest BCUT2D eigenvalue weighted by atomic mass is 32.2. The maximum atomic E-state index is 12.6. The van der Waals surface area contributed by atoms with Gasteiger partial charge in [-0.2, -0.15) is 0 Å². The average molecular weight is 401 g/mol. The van der Waals surface area contributed by atoms with Gasteiger partial charge in [0, 0.05) is 18.8 Å². The van der Waals surface area contributed by atoms with Crippen LogP contribution in [0.5, 0.6) is 0 Å². The number of thioether (sulfide) groups is 2. The molecule has 0 spiro atoms. The number of amides is 1. The van der Waals surface area contributed by atoms with Crippen molar-refractivity contribution < 1.29 is 13.2 Å². The third-order valence-electron chi connectivity index (χ3n) is 4.48. The lowest BCUT2D eigenvalue weighted by Gasteiger charge is -2.30. The van der Waals surface area contributed by atoms with Crippen molar-refractivity contribution >= 4 is 45.1 Å². The number of piperidine rings is 1. The van der Waals surface area contributed by atoms with Gasteiger partial charge in [-0.05, 0) is 48.5 Å². The highest BCUT2D eigenvalue weighted by Crippen LogP contribution is 2.44. The van der Waals surface area contributed by atoms with E-state index in [-0.39, 0.29) is 18.4 Å². The molecule has 0 aromatic heterocycles. The van der Waals surface area contributed by atoms with Crippen molar-refractivity contribution in [2.24, 2.45) is 5.92 Å². The molecule has 1 atom stereocenters. The highest BCUT2D eigenvalue weighted by Gasteiger charge is 2.30. The number of carbonyl (C=O) groups is 1. The standard InChI is InChI=1S/C17H24N2O3S3/c1-25(21,22)19-8-3-6-14(12-19)16(20)18-15-7-2-5-13(11-15)17-23-9-4-10-24-17/h2,5,7,11,14,17H,3-4,6,8-10,12H2,1H3,(H,18,20). The van der Waals surface area contributed by atoms with E-state index in [2.05, 4.69) is 11.4 Å². The van der Waals surface area contributed by atoms with Crippen LogP contribution in [-0.2, 0) is 14.8 Å². The molecule has 1 unspecified atom stereocenters. The van der Waals surface area contributed by atoms with Crippen LogP contribution in [0.4, 0.5) is 5.69 Å². The highest BCUT2D eigenvalue weighted by molar-refractivity contribution is 8.16. The Balaban J connectivity index is 1.64. The summed E-state index contributed by atoms with van der Waals surface area (Å²) in [5.41, 5.74) is 2.03. The quantitative estimate of drug-likeness (QED) is 0.841. The fourth-order valence-corrected chi connectivity index (χ4v) is 6.93. The molecule has 138 valence electrons. The number of benzene rings is 1. The molecule has 0 bridgehead atoms. The van der Waals surface area contributed by atoms with Crippen LogP contribution < -0.4 is 5.32 Å². The summed E-state index contributed by atoms with van der Waals surface area (Å²) in [6.45, 7) is 0.785. The lowest BCUT2D eigenvalue weighted by atomic mass is 9.98. The molecule has 2 aliphatic rings. The Bertz CT molecular complexity index is 718. The van der Waals surface area contributed by atoms with Crippen molar-refractivity contribution in [1.82, 2.24) is 4.31 Å². The Morgan fingerprint density at radius 3 is 2.72 bits per heavy atom. The third kappa shape index (κ3) is 5.15. The molecule has 3 rings (SSSR count). The van der Waals surface area contributed by atoms with E-state index < -0.39 is 10.0 Å². The predicted octanol–water partition coefficient (Wildman–Crippen LogP) is 3.17. The Morgan fingerprint density at radius 1 is 1.24 bits per heavy atom. The summed E-state index contributed by atoms with van der Waals surface area (Å²) >= 11 is 3.90. The minimum absolute atomic E-state index is 0.0885. The van der Waals surface area contributed by atoms with E-state index in [1.165, 1.54) is 34.1 Å². The summed E-state index contributed by atoms with van der Waals surface area (Å²) in [7, 11) is -3.24. The van der Waals surface area contributed by atoms with Gasteiger partial charge in [-0.1, -0.05) is 12.1 Å². The van der Waals surface area contributed by atoms with Crippen molar-refractivity contribution in [1.29, 1.82) is 0 Å². The van der Waals surface area contributed by atoms with Gasteiger partial charge in [0.15, 0.2) is 0 Å². The zero-order valence-electron chi connectivity index (χ0n) is 14.3. The largest absolute Gasteiger partial charge is 0.326 e. The lowest BCUT2D eigenvalue weighted by Crippen LogP contribution is -2.43. The van der Waals surface area contributed by atoms with Crippen molar-refractivity contribution in [3.63, 3.8) is 0 Å². The number of nitrogens with one attached hydrogen (secondary N) is 1. The fourth-order valence-electron chi connectivity index (χ4n) is 3.15. The molecule has 8 heteroatoms. The average Bonchev–Trinajstić information content (AvgIpc) is 2.62. The Morgan fingerprint density at radius 2 is 2.00 bits per heavy atom. The smallest absolute Gasteiger partial charge is 0.228 e. The number of anilines is 1. The zero-order chi connectivity index (χ0) is 17.9. The van der Waals surface area contributed by atoms with Crippen LogP contribution in [0.2, 0.25) is 0 Å². The van der Waals surface area contributed by atoms with Crippen molar-refractivity contribution in [3.05, 3.63) is 29.8 Å². The SMILES string of the molecule is CS(=O)(=O)N1CCCC(C(=O)Nc2cccc(C3SCCCS3)c2)C1. The Labute approximate surface area is 158 Å². The monoisotopic (exact) mass is 400 g/mol. The summed E-state index contributed by atoms with van der Waals surface area (Å²) < 4.78 is 25.3. The second-order valence-corrected chi connectivity index (χ2v) is 11.2. The molecule has 1 amide bonds. The summed E-state index contributed by atoms with van der Waals surface area (Å²) in [6.07, 6.45) is 3.91. The van der Waals surface area contributed by atoms with Gasteiger partial charge in [-0.15, -0.1) is 23.5 Å². The molecule has 25 heavy (non-hydrogen) atoms. The first kappa shape index (κ1) is 19.1. The number of rotatable bonds is 4. The van der Waals surface area contributed by atoms with Crippen LogP contribution >= 0.6 is 23.5 Å². The molecule has 1 N–H and O–H groups in total. The molecular weight excluding hydrogens is 376 g/mol. The summed E-state index contributed by atoms with van der Waals surface area (Å²) in [4.78, 5) is 12.6. The van der Waals surface area contributed by atoms with Gasteiger partial charge in [-0.25, -0.2) is 12.7 Å². The van der Waals surface area contributed by atoms with Crippen LogP contribution in [0, 0.1) is 5.92 Å². The van der Waals surface area contributed by atoms with Gasteiger partial charge in [0.1, 0.15) is 0 Å². The normalized spacial score (nSPS) is 23.3. The molecule has 1 aromatic carbocycles. The first-order valence-corrected chi connectivity index (χ1v) is 12.5. The van der Waals surface area contributed by atoms with Crippen LogP contribution in [0.25, 0.3) is 0 Å². The predicted molar refractivity (Wildman–Crippen MR) is 106 cm³/mol. The topological polar surface area (TPSA) is 66.5 Å². The van der Waals surface area contributed by atoms with Crippen molar-refractivity contribution in [3.8, 4) is 0 Å². The van der Waals surface area contributed by atoms with E-state index in [0.29, 0.717) is 11.1 Å². The molecule has 0 saturated carbocycles. The Kier molecular flexibility index (Phi) is 6.35. The number of hydrogen-bond donors (Lipinski definition) is 1. The van der Waals surface area contributed by atoms with Crippen LogP contribution in [-0.4, -0.2) is 49.5 Å². The van der Waals surface area contributed by atoms with E-state index in [1.807, 2.05) is 41.7 Å². The maximum Gasteiger partial charge on any atom is 0.228 e. The third-order valence-corrected chi connectivity index (χ3v) is 8.76. The number of hydrogen-bond acceptors (Lipinski definition) is 5. The molecule has 0 aliphatic carbocycles. The molecule has 2 fully saturated rings. The maximum absolute atomic E-state index is 12.6. The van der Waals surface area contributed by atoms with E-state index in [4.69, 9.17) is 0 Å². The van der Waals surface area contributed by atoms with Gasteiger partial charge in [-0.3, -0.25) is 4.79 Å². The molecular formula is C17H24N2O3S3. The first-order valence-electron chi connectivity index (χ1n) is 8.52. The summed E-state index contributed by atoms with van der Waals surface area (Å²) in [5.74, 6) is 1.98. The minimum Gasteiger partial charge on any atom is -0.326 e. The molecule has 2 saturated heterocycles. The van der Waals surface area contributed by atoms with Gasteiger partial charge >= 0.3 is 0 Å². The van der Waals surface area contributed by atoms with Crippen LogP contribution in [0.15, 0.2) is 24.3 Å². The van der Waals surface area contributed by atoms with Crippen molar-refractivity contribution in [2.75, 3.05) is 36.2 Å². The lowest BCUT2D eigenvalue weighted by molar-refractivity contribution is -0.120. The first-order chi connectivity index (χ1) is 11.9. The van der Waals surface area contributed by atoms with Gasteiger partial charge in [0.05, 0.1) is 16.8 Å². The van der Waals surface area contributed by atoms with Gasteiger partial charge in [0.2, 0.25) is 15.9 Å². The molecule has 1 aromatic rings. The molecule has 2 heterocycles. The summed E-state index contributed by atoms with van der Waals surface area (Å²) in [5, 5.41) is 2.98. The summed E-state index contributed by atoms with van der Waals surface area (Å²) in [6, 6.07) is 8.03. The van der Waals surface area contributed by atoms with Crippen LogP contribution in [0.1, 0.15) is 29.4 Å². The number of nitrogens with zero attached hydrogens (tertiary/aromatic N) is 1.